The van der Waals surface area contributed by atoms with E-state index in [4.69, 9.17) is 22.1 Å². The molecule has 0 fully saturated rings. The zero-order chi connectivity index (χ0) is 14.1. The van der Waals surface area contributed by atoms with Crippen LogP contribution < -0.4 is 10.5 Å². The van der Waals surface area contributed by atoms with Gasteiger partial charge in [0, 0.05) is 11.8 Å². The van der Waals surface area contributed by atoms with Crippen LogP contribution in [0.2, 0.25) is 5.02 Å². The zero-order valence-corrected chi connectivity index (χ0v) is 11.8. The fraction of sp³-hybridized carbons (Fsp3) is 0.133. The fourth-order valence-electron chi connectivity index (χ4n) is 2.17. The standard InChI is InChI=1S/C15H14ClN3O/c1-2-20-11-6-3-5-10(9-11)13-14(17)19-8-4-7-12(16)15(19)18-13/h3-9H,2,17H2,1H3. The largest absolute Gasteiger partial charge is 0.494 e. The number of nitrogens with zero attached hydrogens (tertiary/aromatic N) is 2. The van der Waals surface area contributed by atoms with E-state index < -0.39 is 0 Å². The van der Waals surface area contributed by atoms with E-state index in [9.17, 15) is 0 Å². The number of benzene rings is 1. The SMILES string of the molecule is CCOc1cccc(-c2nc3c(Cl)cccn3c2N)c1. The van der Waals surface area contributed by atoms with Gasteiger partial charge in [0.25, 0.3) is 0 Å². The van der Waals surface area contributed by atoms with Crippen molar-refractivity contribution in [3.8, 4) is 17.0 Å². The first-order valence-electron chi connectivity index (χ1n) is 6.36. The second-order valence-corrected chi connectivity index (χ2v) is 4.76. The third kappa shape index (κ3) is 2.08. The smallest absolute Gasteiger partial charge is 0.157 e. The minimum absolute atomic E-state index is 0.566. The van der Waals surface area contributed by atoms with E-state index in [2.05, 4.69) is 4.98 Å². The maximum atomic E-state index is 6.16. The Bertz CT molecular complexity index is 767. The molecule has 2 heterocycles. The molecule has 102 valence electrons. The van der Waals surface area contributed by atoms with Crippen LogP contribution in [-0.2, 0) is 0 Å². The summed E-state index contributed by atoms with van der Waals surface area (Å²) in [4.78, 5) is 4.53. The Kier molecular flexibility index (Phi) is 3.24. The molecule has 3 aromatic rings. The lowest BCUT2D eigenvalue weighted by atomic mass is 10.1. The van der Waals surface area contributed by atoms with Crippen molar-refractivity contribution in [3.63, 3.8) is 0 Å². The van der Waals surface area contributed by atoms with Gasteiger partial charge in [-0.2, -0.15) is 0 Å². The first kappa shape index (κ1) is 12.8. The van der Waals surface area contributed by atoms with Gasteiger partial charge in [0.15, 0.2) is 5.65 Å². The lowest BCUT2D eigenvalue weighted by Gasteiger charge is -2.05. The molecular weight excluding hydrogens is 274 g/mol. The monoisotopic (exact) mass is 287 g/mol. The number of pyridine rings is 1. The number of hydrogen-bond acceptors (Lipinski definition) is 3. The van der Waals surface area contributed by atoms with Crippen molar-refractivity contribution in [2.24, 2.45) is 0 Å². The third-order valence-electron chi connectivity index (χ3n) is 3.06. The van der Waals surface area contributed by atoms with Gasteiger partial charge in [-0.25, -0.2) is 4.98 Å². The molecule has 0 aliphatic rings. The molecule has 2 N–H and O–H groups in total. The number of rotatable bonds is 3. The van der Waals surface area contributed by atoms with Crippen LogP contribution in [0.1, 0.15) is 6.92 Å². The van der Waals surface area contributed by atoms with Gasteiger partial charge in [-0.3, -0.25) is 4.40 Å². The molecule has 0 saturated carbocycles. The van der Waals surface area contributed by atoms with Crippen molar-refractivity contribution in [1.82, 2.24) is 9.38 Å². The summed E-state index contributed by atoms with van der Waals surface area (Å²) in [6.45, 7) is 2.57. The van der Waals surface area contributed by atoms with Crippen LogP contribution in [0.15, 0.2) is 42.6 Å². The van der Waals surface area contributed by atoms with Gasteiger partial charge in [-0.15, -0.1) is 0 Å². The number of nitrogens with two attached hydrogens (primary N) is 1. The summed E-state index contributed by atoms with van der Waals surface area (Å²) in [6, 6.07) is 11.3. The van der Waals surface area contributed by atoms with Crippen LogP contribution in [0.4, 0.5) is 5.82 Å². The van der Waals surface area contributed by atoms with Crippen LogP contribution in [0.25, 0.3) is 16.9 Å². The molecule has 20 heavy (non-hydrogen) atoms. The summed E-state index contributed by atoms with van der Waals surface area (Å²) in [6.07, 6.45) is 1.85. The molecule has 0 radical (unpaired) electrons. The predicted octanol–water partition coefficient (Wildman–Crippen LogP) is 3.64. The number of hydrogen-bond donors (Lipinski definition) is 1. The Labute approximate surface area is 121 Å². The molecule has 2 aromatic heterocycles. The zero-order valence-electron chi connectivity index (χ0n) is 11.0. The molecule has 0 aliphatic carbocycles. The topological polar surface area (TPSA) is 52.5 Å². The summed E-state index contributed by atoms with van der Waals surface area (Å²) in [7, 11) is 0. The first-order valence-corrected chi connectivity index (χ1v) is 6.73. The molecule has 3 rings (SSSR count). The Morgan fingerprint density at radius 1 is 1.30 bits per heavy atom. The Morgan fingerprint density at radius 3 is 2.90 bits per heavy atom. The van der Waals surface area contributed by atoms with Gasteiger partial charge in [-0.1, -0.05) is 23.7 Å². The second kappa shape index (κ2) is 5.06. The van der Waals surface area contributed by atoms with E-state index in [0.29, 0.717) is 28.8 Å². The minimum atomic E-state index is 0.566. The van der Waals surface area contributed by atoms with Gasteiger partial charge >= 0.3 is 0 Å². The lowest BCUT2D eigenvalue weighted by Crippen LogP contribution is -1.94. The summed E-state index contributed by atoms with van der Waals surface area (Å²) < 4.78 is 7.29. The van der Waals surface area contributed by atoms with Gasteiger partial charge in [0.2, 0.25) is 0 Å². The Balaban J connectivity index is 2.17. The predicted molar refractivity (Wildman–Crippen MR) is 81.2 cm³/mol. The average molecular weight is 288 g/mol. The summed E-state index contributed by atoms with van der Waals surface area (Å²) in [5, 5.41) is 0.575. The summed E-state index contributed by atoms with van der Waals surface area (Å²) >= 11 is 6.15. The molecular formula is C15H14ClN3O. The second-order valence-electron chi connectivity index (χ2n) is 4.36. The number of halogens is 1. The lowest BCUT2D eigenvalue weighted by molar-refractivity contribution is 0.340. The maximum Gasteiger partial charge on any atom is 0.157 e. The third-order valence-corrected chi connectivity index (χ3v) is 3.35. The Morgan fingerprint density at radius 2 is 2.15 bits per heavy atom. The molecule has 0 aliphatic heterocycles. The normalized spacial score (nSPS) is 10.9. The minimum Gasteiger partial charge on any atom is -0.494 e. The highest BCUT2D eigenvalue weighted by Gasteiger charge is 2.13. The van der Waals surface area contributed by atoms with E-state index in [1.54, 1.807) is 10.5 Å². The van der Waals surface area contributed by atoms with Crippen LogP contribution in [0, 0.1) is 0 Å². The van der Waals surface area contributed by atoms with Gasteiger partial charge in [0.05, 0.1) is 11.6 Å². The van der Waals surface area contributed by atoms with E-state index in [0.717, 1.165) is 11.3 Å². The van der Waals surface area contributed by atoms with Crippen molar-refractivity contribution in [3.05, 3.63) is 47.6 Å². The highest BCUT2D eigenvalue weighted by Crippen LogP contribution is 2.30. The van der Waals surface area contributed by atoms with E-state index in [-0.39, 0.29) is 0 Å². The van der Waals surface area contributed by atoms with Gasteiger partial charge in [0.1, 0.15) is 17.3 Å². The van der Waals surface area contributed by atoms with Crippen molar-refractivity contribution in [2.75, 3.05) is 12.3 Å². The molecule has 0 spiro atoms. The number of imidazole rings is 1. The summed E-state index contributed by atoms with van der Waals surface area (Å²) in [5.41, 5.74) is 8.44. The van der Waals surface area contributed by atoms with Crippen LogP contribution in [0.3, 0.4) is 0 Å². The number of aromatic nitrogens is 2. The number of fused-ring (bicyclic) bond motifs is 1. The van der Waals surface area contributed by atoms with Crippen molar-refractivity contribution in [2.45, 2.75) is 6.92 Å². The van der Waals surface area contributed by atoms with E-state index >= 15 is 0 Å². The molecule has 0 bridgehead atoms. The molecule has 4 nitrogen and oxygen atoms in total. The molecule has 0 saturated heterocycles. The van der Waals surface area contributed by atoms with Gasteiger partial charge in [-0.05, 0) is 31.2 Å². The quantitative estimate of drug-likeness (QED) is 0.800. The fourth-order valence-corrected chi connectivity index (χ4v) is 2.37. The van der Waals surface area contributed by atoms with Crippen LogP contribution >= 0.6 is 11.6 Å². The first-order chi connectivity index (χ1) is 9.70. The Hall–Kier alpha value is -2.20. The maximum absolute atomic E-state index is 6.16. The van der Waals surface area contributed by atoms with Crippen molar-refractivity contribution in [1.29, 1.82) is 0 Å². The molecule has 0 amide bonds. The van der Waals surface area contributed by atoms with E-state index in [1.165, 1.54) is 0 Å². The summed E-state index contributed by atoms with van der Waals surface area (Å²) in [5.74, 6) is 1.36. The average Bonchev–Trinajstić information content (AvgIpc) is 2.79. The van der Waals surface area contributed by atoms with Gasteiger partial charge < -0.3 is 10.5 Å². The molecule has 0 atom stereocenters. The van der Waals surface area contributed by atoms with E-state index in [1.807, 2.05) is 43.5 Å². The number of anilines is 1. The molecule has 1 aromatic carbocycles. The van der Waals surface area contributed by atoms with Crippen LogP contribution in [-0.4, -0.2) is 16.0 Å². The number of nitrogen functional groups attached to an aromatic ring is 1. The highest BCUT2D eigenvalue weighted by molar-refractivity contribution is 6.33. The molecule has 5 heteroatoms. The number of ether oxygens (including phenoxy) is 1. The van der Waals surface area contributed by atoms with Crippen LogP contribution in [0.5, 0.6) is 5.75 Å². The highest BCUT2D eigenvalue weighted by atomic mass is 35.5. The molecule has 0 unspecified atom stereocenters. The van der Waals surface area contributed by atoms with Crippen molar-refractivity contribution < 1.29 is 4.74 Å². The van der Waals surface area contributed by atoms with Crippen molar-refractivity contribution >= 4 is 23.1 Å².